The third-order valence-corrected chi connectivity index (χ3v) is 7.16. The highest BCUT2D eigenvalue weighted by Crippen LogP contribution is 2.61. The third-order valence-electron chi connectivity index (χ3n) is 7.16. The molecule has 1 aliphatic carbocycles. The van der Waals surface area contributed by atoms with Crippen molar-refractivity contribution in [2.75, 3.05) is 39.3 Å². The van der Waals surface area contributed by atoms with Gasteiger partial charge in [0.1, 0.15) is 5.92 Å². The summed E-state index contributed by atoms with van der Waals surface area (Å²) < 4.78 is 0. The predicted molar refractivity (Wildman–Crippen MR) is 107 cm³/mol. The molecule has 28 heavy (non-hydrogen) atoms. The van der Waals surface area contributed by atoms with Gasteiger partial charge in [0.05, 0.1) is 23.9 Å². The van der Waals surface area contributed by atoms with Crippen LogP contribution in [0.25, 0.3) is 0 Å². The molecule has 2 atom stereocenters. The fourth-order valence-corrected chi connectivity index (χ4v) is 5.76. The first-order valence-electron chi connectivity index (χ1n) is 10.5. The quantitative estimate of drug-likeness (QED) is 0.758. The highest BCUT2D eigenvalue weighted by Gasteiger charge is 2.66. The lowest BCUT2D eigenvalue weighted by molar-refractivity contribution is -0.00561. The van der Waals surface area contributed by atoms with Gasteiger partial charge in [-0.1, -0.05) is 19.9 Å². The molecular formula is C22H30N6. The number of hydrogen-bond donors (Lipinski definition) is 1. The fraction of sp³-hybridized carbons (Fsp3) is 0.727. The molecule has 6 heteroatoms. The Bertz CT molecular complexity index is 754. The summed E-state index contributed by atoms with van der Waals surface area (Å²) in [5, 5.41) is 39.0. The maximum absolute atomic E-state index is 10.2. The Morgan fingerprint density at radius 2 is 1.68 bits per heavy atom. The number of likely N-dealkylation sites (tertiary alicyclic amines) is 1. The van der Waals surface area contributed by atoms with Gasteiger partial charge < -0.3 is 10.3 Å². The number of piperidine rings is 1. The second kappa shape index (κ2) is 8.04. The number of hydrogen-bond acceptors (Lipinski definition) is 6. The van der Waals surface area contributed by atoms with Gasteiger partial charge >= 0.3 is 0 Å². The molecule has 2 fully saturated rings. The summed E-state index contributed by atoms with van der Waals surface area (Å²) in [6, 6.07) is 6.79. The number of nitriles is 3. The molecule has 1 saturated heterocycles. The smallest absolute Gasteiger partial charge is 0.188 e. The van der Waals surface area contributed by atoms with Crippen LogP contribution in [0.4, 0.5) is 0 Å². The van der Waals surface area contributed by atoms with Crippen LogP contribution in [-0.4, -0.2) is 54.8 Å². The van der Waals surface area contributed by atoms with E-state index in [4.69, 9.17) is 5.41 Å². The van der Waals surface area contributed by atoms with Crippen LogP contribution < -0.4 is 0 Å². The number of rotatable bonds is 4. The Labute approximate surface area is 168 Å². The molecule has 3 rings (SSSR count). The molecular weight excluding hydrogens is 348 g/mol. The van der Waals surface area contributed by atoms with E-state index in [2.05, 4.69) is 47.9 Å². The highest BCUT2D eigenvalue weighted by molar-refractivity contribution is 6.00. The summed E-state index contributed by atoms with van der Waals surface area (Å²) in [5.41, 5.74) is -1.09. The molecule has 1 spiro atoms. The number of nitrogens with one attached hydrogen (secondary N) is 1. The van der Waals surface area contributed by atoms with E-state index >= 15 is 0 Å². The second-order valence-electron chi connectivity index (χ2n) is 8.46. The van der Waals surface area contributed by atoms with Crippen LogP contribution in [0.15, 0.2) is 11.6 Å². The van der Waals surface area contributed by atoms with Crippen molar-refractivity contribution < 1.29 is 0 Å². The maximum atomic E-state index is 10.2. The van der Waals surface area contributed by atoms with E-state index in [1.165, 1.54) is 0 Å². The zero-order valence-corrected chi connectivity index (χ0v) is 17.0. The zero-order chi connectivity index (χ0) is 20.4. The van der Waals surface area contributed by atoms with Gasteiger partial charge in [0.25, 0.3) is 0 Å². The van der Waals surface area contributed by atoms with Gasteiger partial charge in [0.2, 0.25) is 0 Å². The first kappa shape index (κ1) is 20.5. The molecule has 0 radical (unpaired) electrons. The van der Waals surface area contributed by atoms with Crippen molar-refractivity contribution in [1.29, 1.82) is 21.2 Å². The predicted octanol–water partition coefficient (Wildman–Crippen LogP) is 2.95. The van der Waals surface area contributed by atoms with E-state index in [0.717, 1.165) is 70.5 Å². The highest BCUT2D eigenvalue weighted by atomic mass is 15.1. The Kier molecular flexibility index (Phi) is 5.90. The van der Waals surface area contributed by atoms with E-state index in [9.17, 15) is 15.8 Å². The normalized spacial score (nSPS) is 29.2. The summed E-state index contributed by atoms with van der Waals surface area (Å²) in [6.07, 6.45) is 5.71. The van der Waals surface area contributed by atoms with Crippen LogP contribution in [-0.2, 0) is 0 Å². The minimum absolute atomic E-state index is 0.00498. The second-order valence-corrected chi connectivity index (χ2v) is 8.46. The van der Waals surface area contributed by atoms with Gasteiger partial charge in [-0.2, -0.15) is 15.8 Å². The van der Waals surface area contributed by atoms with E-state index in [1.807, 2.05) is 0 Å². The summed E-state index contributed by atoms with van der Waals surface area (Å²) in [5.74, 6) is -0.748. The molecule has 2 aliphatic heterocycles. The molecule has 1 N–H and O–H groups in total. The molecule has 0 bridgehead atoms. The van der Waals surface area contributed by atoms with Crippen molar-refractivity contribution in [3.05, 3.63) is 11.6 Å². The van der Waals surface area contributed by atoms with Crippen molar-refractivity contribution >= 4 is 5.71 Å². The summed E-state index contributed by atoms with van der Waals surface area (Å²) in [7, 11) is 0. The van der Waals surface area contributed by atoms with Crippen LogP contribution in [0.1, 0.15) is 39.5 Å². The van der Waals surface area contributed by atoms with E-state index in [-0.39, 0.29) is 11.6 Å². The van der Waals surface area contributed by atoms with Crippen molar-refractivity contribution in [3.8, 4) is 18.2 Å². The summed E-state index contributed by atoms with van der Waals surface area (Å²) in [6.45, 7) is 9.58. The molecule has 0 aromatic rings. The van der Waals surface area contributed by atoms with E-state index in [0.29, 0.717) is 0 Å². The Hall–Kier alpha value is -2.20. The van der Waals surface area contributed by atoms with Gasteiger partial charge in [0, 0.05) is 24.4 Å². The number of nitrogens with zero attached hydrogens (tertiary/aromatic N) is 5. The van der Waals surface area contributed by atoms with Crippen LogP contribution in [0.2, 0.25) is 0 Å². The molecule has 0 unspecified atom stereocenters. The average molecular weight is 379 g/mol. The molecule has 0 amide bonds. The van der Waals surface area contributed by atoms with Crippen molar-refractivity contribution in [2.24, 2.45) is 22.7 Å². The van der Waals surface area contributed by atoms with Gasteiger partial charge in [-0.15, -0.1) is 0 Å². The van der Waals surface area contributed by atoms with Crippen LogP contribution in [0.5, 0.6) is 0 Å². The fourth-order valence-electron chi connectivity index (χ4n) is 5.76. The summed E-state index contributed by atoms with van der Waals surface area (Å²) in [4.78, 5) is 4.78. The Balaban J connectivity index is 2.10. The van der Waals surface area contributed by atoms with Gasteiger partial charge in [0.15, 0.2) is 5.41 Å². The van der Waals surface area contributed by atoms with Crippen molar-refractivity contribution in [2.45, 2.75) is 39.5 Å². The van der Waals surface area contributed by atoms with Crippen LogP contribution >= 0.6 is 0 Å². The van der Waals surface area contributed by atoms with Gasteiger partial charge in [-0.05, 0) is 57.4 Å². The zero-order valence-electron chi connectivity index (χ0n) is 17.0. The molecule has 6 nitrogen and oxygen atoms in total. The standard InChI is InChI=1S/C22H30N6/c1-3-8-27-11-6-21(7-12-27)19-14-28(9-4-2)10-5-17(19)18(13-23)20(26)22(21,15-24)16-25/h5,18-19,26H,3-4,6-12,14H2,1-2H3/t18-,19-/m0/s1. The molecule has 2 heterocycles. The van der Waals surface area contributed by atoms with E-state index in [1.54, 1.807) is 0 Å². The van der Waals surface area contributed by atoms with E-state index < -0.39 is 16.7 Å². The molecule has 0 aromatic carbocycles. The summed E-state index contributed by atoms with van der Waals surface area (Å²) >= 11 is 0. The monoisotopic (exact) mass is 378 g/mol. The molecule has 0 aromatic heterocycles. The lowest BCUT2D eigenvalue weighted by Crippen LogP contribution is -2.63. The van der Waals surface area contributed by atoms with Gasteiger partial charge in [-0.3, -0.25) is 4.90 Å². The van der Waals surface area contributed by atoms with Crippen molar-refractivity contribution in [1.82, 2.24) is 9.80 Å². The average Bonchev–Trinajstić information content (AvgIpc) is 2.72. The third kappa shape index (κ3) is 2.86. The minimum atomic E-state index is -1.51. The Morgan fingerprint density at radius 1 is 1.07 bits per heavy atom. The Morgan fingerprint density at radius 3 is 2.21 bits per heavy atom. The largest absolute Gasteiger partial charge is 0.305 e. The SMILES string of the molecule is CCCN1CCC2(CC1)[C@H]1CN(CCC)CC=C1[C@H](C#N)C(=N)C2(C#N)C#N. The lowest BCUT2D eigenvalue weighted by Gasteiger charge is -2.58. The number of fused-ring (bicyclic) bond motifs is 2. The first-order chi connectivity index (χ1) is 13.5. The topological polar surface area (TPSA) is 102 Å². The minimum Gasteiger partial charge on any atom is -0.305 e. The molecule has 148 valence electrons. The van der Waals surface area contributed by atoms with Crippen LogP contribution in [0, 0.1) is 62.1 Å². The lowest BCUT2D eigenvalue weighted by atomic mass is 9.44. The van der Waals surface area contributed by atoms with Gasteiger partial charge in [-0.25, -0.2) is 0 Å². The van der Waals surface area contributed by atoms with Crippen molar-refractivity contribution in [3.63, 3.8) is 0 Å². The first-order valence-corrected chi connectivity index (χ1v) is 10.5. The van der Waals surface area contributed by atoms with Crippen LogP contribution in [0.3, 0.4) is 0 Å². The molecule has 3 aliphatic rings. The molecule has 1 saturated carbocycles. The maximum Gasteiger partial charge on any atom is 0.188 e.